The highest BCUT2D eigenvalue weighted by atomic mass is 35.5. The monoisotopic (exact) mass is 299 g/mol. The molecule has 0 amide bonds. The van der Waals surface area contributed by atoms with Crippen LogP contribution in [0.15, 0.2) is 6.07 Å². The van der Waals surface area contributed by atoms with Crippen LogP contribution in [0.3, 0.4) is 0 Å². The fraction of sp³-hybridized carbons (Fsp3) is 0.417. The Morgan fingerprint density at radius 1 is 1.53 bits per heavy atom. The van der Waals surface area contributed by atoms with Crippen LogP contribution in [0, 0.1) is 0 Å². The number of hydrogen-bond donors (Lipinski definition) is 1. The molecule has 102 valence electrons. The van der Waals surface area contributed by atoms with Gasteiger partial charge in [-0.3, -0.25) is 4.79 Å². The summed E-state index contributed by atoms with van der Waals surface area (Å²) in [7, 11) is 1.37. The van der Waals surface area contributed by atoms with Crippen LogP contribution >= 0.6 is 22.9 Å². The Hall–Kier alpha value is -1.40. The molecule has 2 aromatic heterocycles. The van der Waals surface area contributed by atoms with E-state index in [0.29, 0.717) is 12.4 Å². The second kappa shape index (κ2) is 6.16. The fourth-order valence-electron chi connectivity index (χ4n) is 1.64. The van der Waals surface area contributed by atoms with Crippen LogP contribution in [-0.4, -0.2) is 29.6 Å². The molecule has 0 atom stereocenters. The SMILES string of the molecule is CCc1cc2c(NCCC(=O)OC)nc(Cl)nc2s1. The van der Waals surface area contributed by atoms with Crippen molar-refractivity contribution in [3.63, 3.8) is 0 Å². The number of esters is 1. The van der Waals surface area contributed by atoms with Gasteiger partial charge in [0.1, 0.15) is 10.6 Å². The molecule has 2 rings (SSSR count). The van der Waals surface area contributed by atoms with Gasteiger partial charge in [-0.05, 0) is 24.1 Å². The molecule has 0 aromatic carbocycles. The number of hydrogen-bond acceptors (Lipinski definition) is 6. The van der Waals surface area contributed by atoms with Crippen LogP contribution in [0.4, 0.5) is 5.82 Å². The maximum atomic E-state index is 11.1. The minimum atomic E-state index is -0.261. The number of fused-ring (bicyclic) bond motifs is 1. The van der Waals surface area contributed by atoms with Crippen LogP contribution < -0.4 is 5.32 Å². The van der Waals surface area contributed by atoms with Crippen molar-refractivity contribution in [3.8, 4) is 0 Å². The standard InChI is InChI=1S/C12H14ClN3O2S/c1-3-7-6-8-10(14-5-4-9(17)18-2)15-12(13)16-11(8)19-7/h6H,3-5H2,1-2H3,(H,14,15,16). The number of thiophene rings is 1. The lowest BCUT2D eigenvalue weighted by atomic mass is 10.3. The summed E-state index contributed by atoms with van der Waals surface area (Å²) in [6.07, 6.45) is 1.23. The molecule has 19 heavy (non-hydrogen) atoms. The summed E-state index contributed by atoms with van der Waals surface area (Å²) in [6, 6.07) is 2.05. The number of aromatic nitrogens is 2. The molecule has 0 bridgehead atoms. The highest BCUT2D eigenvalue weighted by Gasteiger charge is 2.10. The molecule has 2 aromatic rings. The second-order valence-corrected chi connectivity index (χ2v) is 5.33. The Morgan fingerprint density at radius 2 is 2.32 bits per heavy atom. The number of ether oxygens (including phenoxy) is 1. The molecule has 0 aliphatic heterocycles. The van der Waals surface area contributed by atoms with Crippen molar-refractivity contribution >= 4 is 44.9 Å². The van der Waals surface area contributed by atoms with Gasteiger partial charge in [-0.2, -0.15) is 0 Å². The van der Waals surface area contributed by atoms with Crippen LogP contribution in [-0.2, 0) is 16.0 Å². The van der Waals surface area contributed by atoms with E-state index in [2.05, 4.69) is 33.0 Å². The summed E-state index contributed by atoms with van der Waals surface area (Å²) in [5.41, 5.74) is 0. The summed E-state index contributed by atoms with van der Waals surface area (Å²) in [5.74, 6) is 0.401. The molecular weight excluding hydrogens is 286 g/mol. The summed E-state index contributed by atoms with van der Waals surface area (Å²) < 4.78 is 4.59. The lowest BCUT2D eigenvalue weighted by Crippen LogP contribution is -2.10. The topological polar surface area (TPSA) is 64.1 Å². The third-order valence-corrected chi connectivity index (χ3v) is 3.96. The van der Waals surface area contributed by atoms with Crippen molar-refractivity contribution in [1.29, 1.82) is 0 Å². The molecule has 0 unspecified atom stereocenters. The van der Waals surface area contributed by atoms with E-state index < -0.39 is 0 Å². The Bertz CT molecular complexity index is 600. The quantitative estimate of drug-likeness (QED) is 0.679. The van der Waals surface area contributed by atoms with Gasteiger partial charge in [0.2, 0.25) is 5.28 Å². The van der Waals surface area contributed by atoms with Crippen molar-refractivity contribution in [2.75, 3.05) is 19.0 Å². The number of rotatable bonds is 5. The largest absolute Gasteiger partial charge is 0.469 e. The van der Waals surface area contributed by atoms with E-state index in [0.717, 1.165) is 16.6 Å². The summed E-state index contributed by atoms with van der Waals surface area (Å²) in [4.78, 5) is 21.5. The summed E-state index contributed by atoms with van der Waals surface area (Å²) in [6.45, 7) is 2.54. The van der Waals surface area contributed by atoms with Crippen molar-refractivity contribution in [3.05, 3.63) is 16.2 Å². The van der Waals surface area contributed by atoms with E-state index in [1.807, 2.05) is 0 Å². The van der Waals surface area contributed by atoms with Crippen LogP contribution in [0.1, 0.15) is 18.2 Å². The molecule has 1 N–H and O–H groups in total. The maximum Gasteiger partial charge on any atom is 0.307 e. The van der Waals surface area contributed by atoms with Gasteiger partial charge in [0.25, 0.3) is 0 Å². The predicted molar refractivity (Wildman–Crippen MR) is 76.9 cm³/mol. The molecule has 0 saturated heterocycles. The first kappa shape index (κ1) is 14.0. The van der Waals surface area contributed by atoms with Crippen LogP contribution in [0.5, 0.6) is 0 Å². The highest BCUT2D eigenvalue weighted by Crippen LogP contribution is 2.30. The van der Waals surface area contributed by atoms with Gasteiger partial charge in [0.15, 0.2) is 0 Å². The first-order chi connectivity index (χ1) is 9.13. The van der Waals surface area contributed by atoms with Gasteiger partial charge < -0.3 is 10.1 Å². The van der Waals surface area contributed by atoms with E-state index >= 15 is 0 Å². The van der Waals surface area contributed by atoms with Gasteiger partial charge in [-0.25, -0.2) is 9.97 Å². The van der Waals surface area contributed by atoms with Crippen LogP contribution in [0.25, 0.3) is 10.2 Å². The average Bonchev–Trinajstić information content (AvgIpc) is 2.81. The first-order valence-electron chi connectivity index (χ1n) is 5.90. The van der Waals surface area contributed by atoms with Gasteiger partial charge >= 0.3 is 5.97 Å². The number of carbonyl (C=O) groups is 1. The van der Waals surface area contributed by atoms with Crippen molar-refractivity contribution < 1.29 is 9.53 Å². The van der Waals surface area contributed by atoms with Crippen molar-refractivity contribution in [1.82, 2.24) is 9.97 Å². The Morgan fingerprint density at radius 3 is 3.00 bits per heavy atom. The molecule has 0 saturated carbocycles. The van der Waals surface area contributed by atoms with E-state index in [-0.39, 0.29) is 17.7 Å². The summed E-state index contributed by atoms with van der Waals surface area (Å²) >= 11 is 7.50. The van der Waals surface area contributed by atoms with Gasteiger partial charge in [0, 0.05) is 11.4 Å². The van der Waals surface area contributed by atoms with Gasteiger partial charge in [-0.1, -0.05) is 6.92 Å². The average molecular weight is 300 g/mol. The zero-order valence-electron chi connectivity index (χ0n) is 10.7. The molecule has 0 aliphatic rings. The third kappa shape index (κ3) is 3.33. The minimum absolute atomic E-state index is 0.206. The highest BCUT2D eigenvalue weighted by molar-refractivity contribution is 7.18. The second-order valence-electron chi connectivity index (χ2n) is 3.88. The number of methoxy groups -OCH3 is 1. The third-order valence-electron chi connectivity index (χ3n) is 2.61. The van der Waals surface area contributed by atoms with E-state index in [1.54, 1.807) is 11.3 Å². The molecule has 2 heterocycles. The van der Waals surface area contributed by atoms with Gasteiger partial charge in [0.05, 0.1) is 18.9 Å². The molecule has 0 spiro atoms. The zero-order chi connectivity index (χ0) is 13.8. The molecule has 0 aliphatic carbocycles. The van der Waals surface area contributed by atoms with Crippen LogP contribution in [0.2, 0.25) is 5.28 Å². The minimum Gasteiger partial charge on any atom is -0.469 e. The maximum absolute atomic E-state index is 11.1. The Balaban J connectivity index is 2.21. The number of nitrogens with one attached hydrogen (secondary N) is 1. The lowest BCUT2D eigenvalue weighted by Gasteiger charge is -2.06. The molecule has 5 nitrogen and oxygen atoms in total. The normalized spacial score (nSPS) is 10.7. The smallest absolute Gasteiger partial charge is 0.307 e. The number of nitrogens with zero attached hydrogens (tertiary/aromatic N) is 2. The Labute approximate surface area is 120 Å². The fourth-order valence-corrected chi connectivity index (χ4v) is 2.83. The van der Waals surface area contributed by atoms with Gasteiger partial charge in [-0.15, -0.1) is 11.3 Å². The molecule has 0 radical (unpaired) electrons. The van der Waals surface area contributed by atoms with E-state index in [9.17, 15) is 4.79 Å². The van der Waals surface area contributed by atoms with E-state index in [1.165, 1.54) is 12.0 Å². The summed E-state index contributed by atoms with van der Waals surface area (Å²) in [5, 5.41) is 4.25. The Kier molecular flexibility index (Phi) is 4.55. The number of carbonyl (C=O) groups excluding carboxylic acids is 1. The zero-order valence-corrected chi connectivity index (χ0v) is 12.3. The molecule has 7 heteroatoms. The number of aryl methyl sites for hydroxylation is 1. The predicted octanol–water partition coefficient (Wildman–Crippen LogP) is 2.88. The lowest BCUT2D eigenvalue weighted by molar-refractivity contribution is -0.140. The number of halogens is 1. The first-order valence-corrected chi connectivity index (χ1v) is 7.10. The molecular formula is C12H14ClN3O2S. The molecule has 0 fully saturated rings. The number of anilines is 1. The van der Waals surface area contributed by atoms with Crippen molar-refractivity contribution in [2.24, 2.45) is 0 Å². The van der Waals surface area contributed by atoms with Crippen molar-refractivity contribution in [2.45, 2.75) is 19.8 Å². The van der Waals surface area contributed by atoms with E-state index in [4.69, 9.17) is 11.6 Å².